The summed E-state index contributed by atoms with van der Waals surface area (Å²) >= 11 is 3.36. The molecule has 0 spiro atoms. The summed E-state index contributed by atoms with van der Waals surface area (Å²) in [6.07, 6.45) is 2.09. The molecule has 1 fully saturated rings. The highest BCUT2D eigenvalue weighted by molar-refractivity contribution is 9.10. The molecule has 0 saturated carbocycles. The van der Waals surface area contributed by atoms with Crippen LogP contribution >= 0.6 is 15.9 Å². The van der Waals surface area contributed by atoms with E-state index in [-0.39, 0.29) is 12.8 Å². The minimum absolute atomic E-state index is 0.201. The highest BCUT2D eigenvalue weighted by Crippen LogP contribution is 2.47. The van der Waals surface area contributed by atoms with Crippen LogP contribution in [0.2, 0.25) is 0 Å². The zero-order valence-corrected chi connectivity index (χ0v) is 43.8. The summed E-state index contributed by atoms with van der Waals surface area (Å²) in [6.45, 7) is 8.26. The number of H-pyrrole nitrogens is 2. The maximum Gasteiger partial charge on any atom is 0.495 e. The highest BCUT2D eigenvalue weighted by atomic mass is 79.9. The van der Waals surface area contributed by atoms with Gasteiger partial charge in [-0.2, -0.15) is 26.3 Å². The van der Waals surface area contributed by atoms with E-state index in [4.69, 9.17) is 18.8 Å². The molecule has 1 aliphatic heterocycles. The molecule has 9 rings (SSSR count). The first-order valence-corrected chi connectivity index (χ1v) is 24.7. The van der Waals surface area contributed by atoms with E-state index in [1.165, 1.54) is 14.2 Å². The van der Waals surface area contributed by atoms with Gasteiger partial charge in [0.25, 0.3) is 0 Å². The molecule has 2 atom stereocenters. The van der Waals surface area contributed by atoms with Crippen LogP contribution in [0.4, 0.5) is 26.3 Å². The lowest BCUT2D eigenvalue weighted by Crippen LogP contribution is -2.51. The van der Waals surface area contributed by atoms with Gasteiger partial charge in [0.1, 0.15) is 11.5 Å². The Bertz CT molecular complexity index is 3070. The minimum Gasteiger partial charge on any atom is -0.496 e. The monoisotopic (exact) mass is 1100 g/mol. The van der Waals surface area contributed by atoms with Crippen LogP contribution < -0.4 is 14.9 Å². The average Bonchev–Trinajstić information content (AvgIpc) is 3.99. The number of nitrogens with one attached hydrogen (secondary N) is 2. The Kier molecular flexibility index (Phi) is 17.5. The van der Waals surface area contributed by atoms with Crippen molar-refractivity contribution in [2.45, 2.75) is 94.2 Å². The molecule has 1 aliphatic rings. The number of rotatable bonds is 14. The topological polar surface area (TPSA) is 161 Å². The fourth-order valence-electron chi connectivity index (χ4n) is 9.42. The van der Waals surface area contributed by atoms with Crippen LogP contribution in [0.1, 0.15) is 69.5 Å². The SMILES string of the molecule is COc1ccc(-c2cccnc2)cc1C(C)(C)CC(O)(Cc1cc2ccncc2[nH]1)C(F)(F)F.COc1ccc(Br)cc1C(C)(C)CC(O)(Cc1cc2ccncc2[nH]1)C(F)(F)F.c1cncc(B2OCCCO2)c1. The van der Waals surface area contributed by atoms with Crippen LogP contribution in [0.5, 0.6) is 11.5 Å². The Morgan fingerprint density at radius 2 is 1.07 bits per heavy atom. The van der Waals surface area contributed by atoms with E-state index in [1.807, 2.05) is 24.3 Å². The van der Waals surface area contributed by atoms with Gasteiger partial charge in [0.05, 0.1) is 37.6 Å². The summed E-state index contributed by atoms with van der Waals surface area (Å²) in [4.78, 5) is 21.9. The Balaban J connectivity index is 0.000000180. The van der Waals surface area contributed by atoms with E-state index < -0.39 is 60.1 Å². The number of hydrogen-bond donors (Lipinski definition) is 4. The second-order valence-electron chi connectivity index (χ2n) is 19.8. The summed E-state index contributed by atoms with van der Waals surface area (Å²) in [5, 5.41) is 23.4. The molecule has 396 valence electrons. The predicted molar refractivity (Wildman–Crippen MR) is 280 cm³/mol. The van der Waals surface area contributed by atoms with E-state index >= 15 is 0 Å². The number of hydrogen-bond acceptors (Lipinski definition) is 10. The lowest BCUT2D eigenvalue weighted by Gasteiger charge is -2.38. The molecule has 1 saturated heterocycles. The number of pyridine rings is 4. The van der Waals surface area contributed by atoms with Crippen molar-refractivity contribution in [3.05, 3.63) is 161 Å². The molecule has 75 heavy (non-hydrogen) atoms. The van der Waals surface area contributed by atoms with Crippen LogP contribution in [0.15, 0.2) is 139 Å². The lowest BCUT2D eigenvalue weighted by molar-refractivity contribution is -0.266. The van der Waals surface area contributed by atoms with Gasteiger partial charge < -0.3 is 39.0 Å². The third-order valence-corrected chi connectivity index (χ3v) is 13.5. The zero-order valence-electron chi connectivity index (χ0n) is 42.2. The number of benzene rings is 2. The summed E-state index contributed by atoms with van der Waals surface area (Å²) in [5.74, 6) is 0.929. The molecule has 0 bridgehead atoms. The molecule has 7 heterocycles. The summed E-state index contributed by atoms with van der Waals surface area (Å²) < 4.78 is 107. The van der Waals surface area contributed by atoms with E-state index in [2.05, 4.69) is 45.8 Å². The molecule has 12 nitrogen and oxygen atoms in total. The van der Waals surface area contributed by atoms with Crippen molar-refractivity contribution in [2.75, 3.05) is 27.4 Å². The third-order valence-electron chi connectivity index (χ3n) is 13.0. The zero-order chi connectivity index (χ0) is 54.2. The van der Waals surface area contributed by atoms with E-state index in [0.29, 0.717) is 39.4 Å². The van der Waals surface area contributed by atoms with Gasteiger partial charge in [-0.05, 0) is 102 Å². The van der Waals surface area contributed by atoms with Crippen LogP contribution in [0.3, 0.4) is 0 Å². The number of aromatic amines is 2. The number of halogens is 7. The van der Waals surface area contributed by atoms with Gasteiger partial charge >= 0.3 is 19.5 Å². The van der Waals surface area contributed by atoms with Gasteiger partial charge in [0.2, 0.25) is 0 Å². The summed E-state index contributed by atoms with van der Waals surface area (Å²) in [7, 11) is 2.75. The fourth-order valence-corrected chi connectivity index (χ4v) is 9.78. The maximum absolute atomic E-state index is 14.3. The van der Waals surface area contributed by atoms with Gasteiger partial charge in [-0.25, -0.2) is 0 Å². The first kappa shape index (κ1) is 56.4. The second-order valence-corrected chi connectivity index (χ2v) is 20.7. The molecule has 8 aromatic rings. The average molecular weight is 1100 g/mol. The maximum atomic E-state index is 14.3. The van der Waals surface area contributed by atoms with Crippen molar-refractivity contribution in [1.82, 2.24) is 29.9 Å². The number of nitrogens with zero attached hydrogens (tertiary/aromatic N) is 4. The van der Waals surface area contributed by atoms with Gasteiger partial charge in [-0.3, -0.25) is 19.9 Å². The first-order valence-electron chi connectivity index (χ1n) is 23.9. The molecule has 6 aromatic heterocycles. The smallest absolute Gasteiger partial charge is 0.495 e. The van der Waals surface area contributed by atoms with E-state index in [0.717, 1.165) is 51.5 Å². The number of ether oxygens (including phenoxy) is 2. The molecular weight excluding hydrogens is 1050 g/mol. The van der Waals surface area contributed by atoms with Crippen LogP contribution in [-0.4, -0.2) is 98.2 Å². The van der Waals surface area contributed by atoms with Crippen molar-refractivity contribution in [3.63, 3.8) is 0 Å². The number of aromatic nitrogens is 6. The lowest BCUT2D eigenvalue weighted by atomic mass is 9.72. The fraction of sp³-hybridized carbons (Fsp3) is 0.345. The molecule has 0 aliphatic carbocycles. The van der Waals surface area contributed by atoms with Crippen molar-refractivity contribution >= 4 is 50.3 Å². The Morgan fingerprint density at radius 3 is 1.52 bits per heavy atom. The minimum atomic E-state index is -4.85. The quantitative estimate of drug-likeness (QED) is 0.0610. The molecular formula is C55H58BBrF6N6O6. The predicted octanol–water partition coefficient (Wildman–Crippen LogP) is 11.6. The van der Waals surface area contributed by atoms with E-state index in [1.54, 1.807) is 138 Å². The van der Waals surface area contributed by atoms with Crippen molar-refractivity contribution in [2.24, 2.45) is 0 Å². The van der Waals surface area contributed by atoms with Gasteiger partial charge in [0.15, 0.2) is 11.2 Å². The normalized spacial score (nSPS) is 15.0. The summed E-state index contributed by atoms with van der Waals surface area (Å²) in [6, 6.07) is 24.7. The van der Waals surface area contributed by atoms with Crippen molar-refractivity contribution in [1.29, 1.82) is 0 Å². The standard InChI is InChI=1S/C26H26F3N3O2.C21H22BrF3N2O2.C8H10BNO2/c1-24(2,21-12-17(6-7-23(21)34-3)19-5-4-9-30-14-19)16-25(33,26(27,28)29)13-20-11-18-8-10-31-15-22(18)32-20;1-19(2,16-9-14(22)4-5-18(16)29-3)12-20(28,21(23,24)25)10-15-8-13-6-7-26-11-17(13)27-15;1-3-8(7-10-4-1)9-11-5-2-6-12-9/h4-12,14-15,32-33H,13,16H2,1-3H3;4-9,11,27-28H,10,12H2,1-3H3;1,3-4,7H,2,5-6H2. The molecule has 2 aromatic carbocycles. The van der Waals surface area contributed by atoms with E-state index in [9.17, 15) is 36.6 Å². The first-order chi connectivity index (χ1) is 35.4. The molecule has 4 N–H and O–H groups in total. The third kappa shape index (κ3) is 13.8. The van der Waals surface area contributed by atoms with Crippen LogP contribution in [0.25, 0.3) is 32.9 Å². The number of fused-ring (bicyclic) bond motifs is 2. The second kappa shape index (κ2) is 23.3. The Hall–Kier alpha value is -6.32. The van der Waals surface area contributed by atoms with Gasteiger partial charge in [-0.1, -0.05) is 61.8 Å². The highest BCUT2D eigenvalue weighted by Gasteiger charge is 2.57. The Labute approximate surface area is 439 Å². The van der Waals surface area contributed by atoms with Gasteiger partial charge in [-0.15, -0.1) is 0 Å². The largest absolute Gasteiger partial charge is 0.496 e. The Morgan fingerprint density at radius 1 is 0.587 bits per heavy atom. The molecule has 0 amide bonds. The molecule has 2 unspecified atom stereocenters. The van der Waals surface area contributed by atoms with Crippen molar-refractivity contribution in [3.8, 4) is 22.6 Å². The summed E-state index contributed by atoms with van der Waals surface area (Å²) in [5.41, 5.74) is -2.40. The van der Waals surface area contributed by atoms with Crippen molar-refractivity contribution < 1.29 is 55.3 Å². The number of alkyl halides is 6. The van der Waals surface area contributed by atoms with Gasteiger partial charge in [0, 0.05) is 112 Å². The number of aliphatic hydroxyl groups is 2. The number of methoxy groups -OCH3 is 2. The molecule has 20 heteroatoms. The van der Waals surface area contributed by atoms with Crippen LogP contribution in [0, 0.1) is 0 Å². The van der Waals surface area contributed by atoms with Crippen LogP contribution in [-0.2, 0) is 33.0 Å². The molecule has 0 radical (unpaired) electrons.